The number of likely N-dealkylation sites (tertiary alicyclic amines) is 1. The lowest BCUT2D eigenvalue weighted by atomic mass is 9.76. The van der Waals surface area contributed by atoms with Crippen LogP contribution in [0.2, 0.25) is 0 Å². The van der Waals surface area contributed by atoms with Crippen molar-refractivity contribution in [1.29, 1.82) is 5.26 Å². The summed E-state index contributed by atoms with van der Waals surface area (Å²) in [5.74, 6) is -1.63. The number of carbonyl (C=O) groups is 3. The first kappa shape index (κ1) is 33.7. The number of rotatable bonds is 8. The van der Waals surface area contributed by atoms with E-state index >= 15 is 0 Å². The summed E-state index contributed by atoms with van der Waals surface area (Å²) in [7, 11) is 1.53. The molecule has 9 nitrogen and oxygen atoms in total. The second-order valence-corrected chi connectivity index (χ2v) is 11.1. The highest BCUT2D eigenvalue weighted by molar-refractivity contribution is 5.98. The van der Waals surface area contributed by atoms with Crippen LogP contribution in [0.25, 0.3) is 11.1 Å². The van der Waals surface area contributed by atoms with Crippen molar-refractivity contribution in [2.75, 3.05) is 25.5 Å². The lowest BCUT2D eigenvalue weighted by Crippen LogP contribution is -2.54. The van der Waals surface area contributed by atoms with E-state index in [-0.39, 0.29) is 49.7 Å². The molecule has 0 radical (unpaired) electrons. The number of hydrogen-bond acceptors (Lipinski definition) is 6. The zero-order valence-corrected chi connectivity index (χ0v) is 25.3. The summed E-state index contributed by atoms with van der Waals surface area (Å²) in [5, 5.41) is 26.3. The second-order valence-electron chi connectivity index (χ2n) is 11.1. The van der Waals surface area contributed by atoms with Crippen molar-refractivity contribution in [2.45, 2.75) is 38.0 Å². The van der Waals surface area contributed by atoms with Gasteiger partial charge in [-0.1, -0.05) is 43.0 Å². The van der Waals surface area contributed by atoms with Gasteiger partial charge in [-0.25, -0.2) is 4.79 Å². The number of carbonyl (C=O) groups excluding carboxylic acids is 3. The third kappa shape index (κ3) is 7.73. The molecule has 4 rings (SSSR count). The largest absolute Gasteiger partial charge is 0.417 e. The zero-order chi connectivity index (χ0) is 33.6. The first-order valence-corrected chi connectivity index (χ1v) is 14.4. The first-order chi connectivity index (χ1) is 21.7. The van der Waals surface area contributed by atoms with E-state index < -0.39 is 40.8 Å². The Balaban J connectivity index is 1.65. The smallest absolute Gasteiger partial charge is 0.416 e. The molecule has 1 aliphatic rings. The maximum atomic E-state index is 13.8. The molecule has 12 heteroatoms. The molecule has 240 valence electrons. The van der Waals surface area contributed by atoms with Gasteiger partial charge in [0, 0.05) is 43.7 Å². The van der Waals surface area contributed by atoms with Crippen LogP contribution in [0.5, 0.6) is 0 Å². The normalized spacial score (nSPS) is 14.8. The van der Waals surface area contributed by atoms with Crippen molar-refractivity contribution in [2.24, 2.45) is 5.92 Å². The fourth-order valence-electron chi connectivity index (χ4n) is 5.49. The molecule has 0 aliphatic carbocycles. The highest BCUT2D eigenvalue weighted by atomic mass is 19.4. The fourth-order valence-corrected chi connectivity index (χ4v) is 5.49. The van der Waals surface area contributed by atoms with Gasteiger partial charge in [0.05, 0.1) is 23.0 Å². The van der Waals surface area contributed by atoms with Crippen molar-refractivity contribution >= 4 is 23.6 Å². The van der Waals surface area contributed by atoms with E-state index in [9.17, 15) is 32.7 Å². The van der Waals surface area contributed by atoms with E-state index in [2.05, 4.69) is 17.2 Å². The predicted molar refractivity (Wildman–Crippen MR) is 164 cm³/mol. The standard InChI is InChI=1S/C34H33F3N4O5/c1-21(2)46-32(44)41-15-13-27(14-16-41)33(45,31(43)40-28-12-11-26(20-38)29(18-28)34(35,36)37)19-22-5-4-6-25(17-22)23-7-9-24(10-8-23)30(42)39-3/h4-12,17-18,27,45H,1,13-16,19H2,2-3H3,(H,39,42)(H,40,43). The number of allylic oxidation sites excluding steroid dienone is 1. The van der Waals surface area contributed by atoms with Gasteiger partial charge in [0.15, 0.2) is 0 Å². The van der Waals surface area contributed by atoms with Crippen LogP contribution in [0.15, 0.2) is 79.1 Å². The average molecular weight is 635 g/mol. The molecule has 1 saturated heterocycles. The number of nitriles is 1. The minimum absolute atomic E-state index is 0.166. The third-order valence-corrected chi connectivity index (χ3v) is 7.89. The Morgan fingerprint density at radius 3 is 2.30 bits per heavy atom. The molecule has 0 bridgehead atoms. The van der Waals surface area contributed by atoms with Crippen molar-refractivity contribution < 1.29 is 37.4 Å². The molecule has 1 fully saturated rings. The van der Waals surface area contributed by atoms with E-state index in [0.717, 1.165) is 17.2 Å². The van der Waals surface area contributed by atoms with Gasteiger partial charge in [-0.3, -0.25) is 9.59 Å². The Kier molecular flexibility index (Phi) is 10.2. The van der Waals surface area contributed by atoms with E-state index in [1.165, 1.54) is 31.0 Å². The van der Waals surface area contributed by atoms with Crippen LogP contribution in [0.4, 0.5) is 23.7 Å². The summed E-state index contributed by atoms with van der Waals surface area (Å²) in [4.78, 5) is 39.6. The number of nitrogens with one attached hydrogen (secondary N) is 2. The monoisotopic (exact) mass is 634 g/mol. The van der Waals surface area contributed by atoms with Gasteiger partial charge in [-0.05, 0) is 66.8 Å². The minimum Gasteiger partial charge on any atom is -0.416 e. The van der Waals surface area contributed by atoms with E-state index in [4.69, 9.17) is 10.00 Å². The Labute approximate surface area is 264 Å². The number of nitrogens with zero attached hydrogens (tertiary/aromatic N) is 2. The number of ether oxygens (including phenoxy) is 1. The number of hydrogen-bond donors (Lipinski definition) is 3. The van der Waals surface area contributed by atoms with Gasteiger partial charge in [0.25, 0.3) is 11.8 Å². The molecule has 3 N–H and O–H groups in total. The summed E-state index contributed by atoms with van der Waals surface area (Å²) in [6.45, 7) is 5.43. The number of alkyl halides is 3. The number of halogens is 3. The lowest BCUT2D eigenvalue weighted by Gasteiger charge is -2.40. The Bertz CT molecular complexity index is 1680. The molecule has 1 aliphatic heterocycles. The number of benzene rings is 3. The highest BCUT2D eigenvalue weighted by Gasteiger charge is 2.46. The van der Waals surface area contributed by atoms with E-state index in [0.29, 0.717) is 17.2 Å². The van der Waals surface area contributed by atoms with E-state index in [1.807, 2.05) is 6.07 Å². The minimum atomic E-state index is -4.84. The van der Waals surface area contributed by atoms with Gasteiger partial charge < -0.3 is 25.4 Å². The molecular weight excluding hydrogens is 601 g/mol. The van der Waals surface area contributed by atoms with Crippen LogP contribution in [-0.2, 0) is 22.1 Å². The number of anilines is 1. The number of amides is 3. The summed E-state index contributed by atoms with van der Waals surface area (Å²) >= 11 is 0. The molecular formula is C34H33F3N4O5. The van der Waals surface area contributed by atoms with Gasteiger partial charge in [0.2, 0.25) is 0 Å². The predicted octanol–water partition coefficient (Wildman–Crippen LogP) is 5.90. The summed E-state index contributed by atoms with van der Waals surface area (Å²) in [6, 6.07) is 18.3. The van der Waals surface area contributed by atoms with Crippen molar-refractivity contribution in [3.8, 4) is 17.2 Å². The summed E-state index contributed by atoms with van der Waals surface area (Å²) in [6.07, 6.45) is -5.22. The molecule has 0 aromatic heterocycles. The molecule has 46 heavy (non-hydrogen) atoms. The number of piperidine rings is 1. The van der Waals surface area contributed by atoms with Crippen LogP contribution in [0.1, 0.15) is 46.8 Å². The van der Waals surface area contributed by atoms with E-state index in [1.54, 1.807) is 42.5 Å². The maximum Gasteiger partial charge on any atom is 0.417 e. The quantitative estimate of drug-likeness (QED) is 0.265. The lowest BCUT2D eigenvalue weighted by molar-refractivity contribution is -0.142. The van der Waals surface area contributed by atoms with Crippen molar-refractivity contribution in [3.63, 3.8) is 0 Å². The Morgan fingerprint density at radius 2 is 1.72 bits per heavy atom. The first-order valence-electron chi connectivity index (χ1n) is 14.4. The highest BCUT2D eigenvalue weighted by Crippen LogP contribution is 2.36. The maximum absolute atomic E-state index is 13.8. The Morgan fingerprint density at radius 1 is 1.04 bits per heavy atom. The molecule has 3 amide bonds. The molecule has 1 unspecified atom stereocenters. The third-order valence-electron chi connectivity index (χ3n) is 7.89. The second kappa shape index (κ2) is 13.9. The molecule has 3 aromatic carbocycles. The molecule has 0 spiro atoms. The molecule has 3 aromatic rings. The van der Waals surface area contributed by atoms with Crippen LogP contribution in [0, 0.1) is 17.2 Å². The van der Waals surface area contributed by atoms with Crippen LogP contribution in [0.3, 0.4) is 0 Å². The van der Waals surface area contributed by atoms with Crippen LogP contribution >= 0.6 is 0 Å². The van der Waals surface area contributed by atoms with Gasteiger partial charge in [0.1, 0.15) is 5.60 Å². The van der Waals surface area contributed by atoms with Gasteiger partial charge in [-0.15, -0.1) is 0 Å². The average Bonchev–Trinajstić information content (AvgIpc) is 3.03. The Hall–Kier alpha value is -5.15. The topological polar surface area (TPSA) is 132 Å². The zero-order valence-electron chi connectivity index (χ0n) is 25.3. The molecule has 0 saturated carbocycles. The van der Waals surface area contributed by atoms with Crippen LogP contribution < -0.4 is 10.6 Å². The van der Waals surface area contributed by atoms with Crippen molar-refractivity contribution in [1.82, 2.24) is 10.2 Å². The molecule has 1 atom stereocenters. The SMILES string of the molecule is C=C(C)OC(=O)N1CCC(C(O)(Cc2cccc(-c3ccc(C(=O)NC)cc3)c2)C(=O)Nc2ccc(C#N)c(C(F)(F)F)c2)CC1. The van der Waals surface area contributed by atoms with Gasteiger partial charge >= 0.3 is 12.3 Å². The summed E-state index contributed by atoms with van der Waals surface area (Å²) < 4.78 is 46.0. The molecule has 1 heterocycles. The number of aliphatic hydroxyl groups is 1. The van der Waals surface area contributed by atoms with Crippen LogP contribution in [-0.4, -0.2) is 53.7 Å². The van der Waals surface area contributed by atoms with Crippen molar-refractivity contribution in [3.05, 3.63) is 101 Å². The fraction of sp³-hybridized carbons (Fsp3) is 0.294. The van der Waals surface area contributed by atoms with Gasteiger partial charge in [-0.2, -0.15) is 18.4 Å². The summed E-state index contributed by atoms with van der Waals surface area (Å²) in [5.41, 5.74) is -1.56.